The van der Waals surface area contributed by atoms with Gasteiger partial charge in [-0.3, -0.25) is 4.79 Å². The van der Waals surface area contributed by atoms with Crippen LogP contribution in [0.4, 0.5) is 0 Å². The molecule has 106 valence electrons. The Kier molecular flexibility index (Phi) is 4.98. The smallest absolute Gasteiger partial charge is 0.196 e. The predicted octanol–water partition coefficient (Wildman–Crippen LogP) is 4.01. The summed E-state index contributed by atoms with van der Waals surface area (Å²) >= 11 is 7.10. The number of halogens is 1. The van der Waals surface area contributed by atoms with Gasteiger partial charge in [0.15, 0.2) is 5.78 Å². The topological polar surface area (TPSA) is 39.2 Å². The van der Waals surface area contributed by atoms with Crippen LogP contribution >= 0.6 is 22.9 Å². The van der Waals surface area contributed by atoms with Gasteiger partial charge in [-0.2, -0.15) is 0 Å². The number of ketones is 1. The Bertz CT molecular complexity index is 438. The maximum absolute atomic E-state index is 11.6. The van der Waals surface area contributed by atoms with Crippen molar-refractivity contribution in [3.05, 3.63) is 16.1 Å². The van der Waals surface area contributed by atoms with Crippen LogP contribution in [-0.2, 0) is 10.3 Å². The highest BCUT2D eigenvalue weighted by molar-refractivity contribution is 7.10. The lowest BCUT2D eigenvalue weighted by atomic mass is 9.79. The summed E-state index contributed by atoms with van der Waals surface area (Å²) in [4.78, 5) is 16.1. The monoisotopic (exact) mass is 301 g/mol. The first kappa shape index (κ1) is 14.9. The van der Waals surface area contributed by atoms with Gasteiger partial charge in [-0.15, -0.1) is 22.9 Å². The highest BCUT2D eigenvalue weighted by Gasteiger charge is 2.39. The first-order valence-electron chi connectivity index (χ1n) is 6.80. The van der Waals surface area contributed by atoms with E-state index < -0.39 is 0 Å². The van der Waals surface area contributed by atoms with E-state index in [2.05, 4.69) is 11.9 Å². The first-order valence-corrected chi connectivity index (χ1v) is 8.22. The summed E-state index contributed by atoms with van der Waals surface area (Å²) in [6, 6.07) is 0. The highest BCUT2D eigenvalue weighted by atomic mass is 35.5. The molecule has 0 unspecified atom stereocenters. The number of ether oxygens (including phenoxy) is 1. The normalized spacial score (nSPS) is 27.4. The number of alkyl halides is 1. The largest absolute Gasteiger partial charge is 0.368 e. The number of nitrogens with zero attached hydrogens (tertiary/aromatic N) is 1. The van der Waals surface area contributed by atoms with E-state index >= 15 is 0 Å². The summed E-state index contributed by atoms with van der Waals surface area (Å²) in [7, 11) is 0. The molecular formula is C14H20ClNO2S. The van der Waals surface area contributed by atoms with Crippen LogP contribution in [-0.4, -0.2) is 23.3 Å². The molecule has 1 saturated carbocycles. The first-order chi connectivity index (χ1) is 9.11. The Labute approximate surface area is 123 Å². The number of carbonyl (C=O) groups excluding carboxylic acids is 1. The molecule has 2 rings (SSSR count). The van der Waals surface area contributed by atoms with Gasteiger partial charge in [-0.05, 0) is 38.5 Å². The molecule has 1 aliphatic carbocycles. The average Bonchev–Trinajstić information content (AvgIpc) is 2.91. The van der Waals surface area contributed by atoms with Crippen LogP contribution in [0.1, 0.15) is 55.0 Å². The molecule has 19 heavy (non-hydrogen) atoms. The Balaban J connectivity index is 2.24. The zero-order valence-electron chi connectivity index (χ0n) is 11.4. The van der Waals surface area contributed by atoms with Crippen molar-refractivity contribution in [1.29, 1.82) is 0 Å². The lowest BCUT2D eigenvalue weighted by Gasteiger charge is -2.37. The van der Waals surface area contributed by atoms with E-state index in [1.165, 1.54) is 11.3 Å². The molecule has 1 fully saturated rings. The number of Topliss-reactive ketones (excluding diaryl/α,β-unsaturated/α-hetero) is 1. The van der Waals surface area contributed by atoms with E-state index in [4.69, 9.17) is 16.3 Å². The molecule has 1 aliphatic rings. The number of rotatable bonds is 5. The van der Waals surface area contributed by atoms with Crippen LogP contribution < -0.4 is 0 Å². The number of aromatic nitrogens is 1. The Hall–Kier alpha value is -0.450. The van der Waals surface area contributed by atoms with Crippen LogP contribution in [0.5, 0.6) is 0 Å². The van der Waals surface area contributed by atoms with Crippen LogP contribution in [0.2, 0.25) is 0 Å². The van der Waals surface area contributed by atoms with Crippen molar-refractivity contribution in [3.8, 4) is 0 Å². The van der Waals surface area contributed by atoms with Crippen molar-refractivity contribution >= 4 is 28.7 Å². The van der Waals surface area contributed by atoms with Gasteiger partial charge in [0.1, 0.15) is 16.3 Å². The molecule has 1 aromatic rings. The van der Waals surface area contributed by atoms with Crippen LogP contribution in [0.15, 0.2) is 5.38 Å². The van der Waals surface area contributed by atoms with Gasteiger partial charge in [0, 0.05) is 12.0 Å². The van der Waals surface area contributed by atoms with E-state index in [-0.39, 0.29) is 17.3 Å². The summed E-state index contributed by atoms with van der Waals surface area (Å²) in [6.07, 6.45) is 4.28. The van der Waals surface area contributed by atoms with Crippen LogP contribution in [0.3, 0.4) is 0 Å². The molecule has 0 atom stereocenters. The summed E-state index contributed by atoms with van der Waals surface area (Å²) < 4.78 is 6.04. The maximum Gasteiger partial charge on any atom is 0.196 e. The van der Waals surface area contributed by atoms with Crippen molar-refractivity contribution < 1.29 is 9.53 Å². The van der Waals surface area contributed by atoms with Gasteiger partial charge in [0.05, 0.1) is 5.88 Å². The lowest BCUT2D eigenvalue weighted by molar-refractivity contribution is -0.0776. The number of hydrogen-bond acceptors (Lipinski definition) is 4. The minimum Gasteiger partial charge on any atom is -0.368 e. The van der Waals surface area contributed by atoms with E-state index in [1.807, 2.05) is 6.92 Å². The lowest BCUT2D eigenvalue weighted by Crippen LogP contribution is -2.34. The molecule has 5 heteroatoms. The van der Waals surface area contributed by atoms with Gasteiger partial charge in [0.2, 0.25) is 0 Å². The Morgan fingerprint density at radius 2 is 2.26 bits per heavy atom. The molecule has 3 nitrogen and oxygen atoms in total. The molecule has 0 aromatic carbocycles. The van der Waals surface area contributed by atoms with Crippen molar-refractivity contribution in [3.63, 3.8) is 0 Å². The van der Waals surface area contributed by atoms with E-state index in [1.54, 1.807) is 5.38 Å². The minimum atomic E-state index is -0.281. The summed E-state index contributed by atoms with van der Waals surface area (Å²) in [5.74, 6) is 0.624. The molecule has 0 bridgehead atoms. The third-order valence-electron chi connectivity index (χ3n) is 3.80. The minimum absolute atomic E-state index is 0.0121. The average molecular weight is 302 g/mol. The van der Waals surface area contributed by atoms with Gasteiger partial charge < -0.3 is 4.74 Å². The molecule has 0 spiro atoms. The maximum atomic E-state index is 11.6. The number of carbonyl (C=O) groups is 1. The zero-order chi connectivity index (χ0) is 13.9. The van der Waals surface area contributed by atoms with Gasteiger partial charge in [-0.25, -0.2) is 4.98 Å². The third kappa shape index (κ3) is 3.18. The fourth-order valence-corrected chi connectivity index (χ4v) is 3.78. The standard InChI is InChI=1S/C14H20ClNO2S/c1-3-18-14(6-4-10(2)5-7-14)13-16-11(9-19-13)12(17)8-15/h9-10H,3-8H2,1-2H3. The van der Waals surface area contributed by atoms with E-state index in [9.17, 15) is 4.79 Å². The molecule has 0 radical (unpaired) electrons. The highest BCUT2D eigenvalue weighted by Crippen LogP contribution is 2.43. The van der Waals surface area contributed by atoms with Crippen molar-refractivity contribution in [2.45, 2.75) is 45.1 Å². The summed E-state index contributed by atoms with van der Waals surface area (Å²) in [6.45, 7) is 4.96. The molecule has 1 heterocycles. The van der Waals surface area contributed by atoms with Gasteiger partial charge in [-0.1, -0.05) is 6.92 Å². The zero-order valence-corrected chi connectivity index (χ0v) is 13.0. The van der Waals surface area contributed by atoms with Gasteiger partial charge in [0.25, 0.3) is 0 Å². The molecule has 0 N–H and O–H groups in total. The number of thiazole rings is 1. The quantitative estimate of drug-likeness (QED) is 0.609. The fraction of sp³-hybridized carbons (Fsp3) is 0.714. The van der Waals surface area contributed by atoms with Crippen LogP contribution in [0.25, 0.3) is 0 Å². The van der Waals surface area contributed by atoms with Crippen molar-refractivity contribution in [1.82, 2.24) is 4.98 Å². The second-order valence-corrected chi connectivity index (χ2v) is 6.33. The number of hydrogen-bond donors (Lipinski definition) is 0. The van der Waals surface area contributed by atoms with Crippen molar-refractivity contribution in [2.75, 3.05) is 12.5 Å². The predicted molar refractivity (Wildman–Crippen MR) is 78.1 cm³/mol. The second-order valence-electron chi connectivity index (χ2n) is 5.20. The molecule has 0 saturated heterocycles. The van der Waals surface area contributed by atoms with E-state index in [0.29, 0.717) is 12.3 Å². The molecule has 0 aliphatic heterocycles. The molecule has 1 aromatic heterocycles. The Morgan fingerprint density at radius 3 is 2.84 bits per heavy atom. The Morgan fingerprint density at radius 1 is 1.58 bits per heavy atom. The summed E-state index contributed by atoms with van der Waals surface area (Å²) in [5.41, 5.74) is 0.198. The van der Waals surface area contributed by atoms with Crippen LogP contribution in [0, 0.1) is 5.92 Å². The summed E-state index contributed by atoms with van der Waals surface area (Å²) in [5, 5.41) is 2.74. The van der Waals surface area contributed by atoms with E-state index in [0.717, 1.165) is 36.6 Å². The third-order valence-corrected chi connectivity index (χ3v) is 5.07. The van der Waals surface area contributed by atoms with Gasteiger partial charge >= 0.3 is 0 Å². The SMILES string of the molecule is CCOC1(c2nc(C(=O)CCl)cs2)CCC(C)CC1. The second kappa shape index (κ2) is 6.33. The van der Waals surface area contributed by atoms with Crippen molar-refractivity contribution in [2.24, 2.45) is 5.92 Å². The fourth-order valence-electron chi connectivity index (χ4n) is 2.60. The molecule has 0 amide bonds. The molecular weight excluding hydrogens is 282 g/mol.